The van der Waals surface area contributed by atoms with Gasteiger partial charge in [-0.05, 0) is 24.6 Å². The molecule has 25 heavy (non-hydrogen) atoms. The Labute approximate surface area is 146 Å². The number of ether oxygens (including phenoxy) is 3. The summed E-state index contributed by atoms with van der Waals surface area (Å²) in [6.45, 7) is 2.22. The molecule has 0 saturated heterocycles. The van der Waals surface area contributed by atoms with E-state index < -0.39 is 12.6 Å². The number of aromatic carboxylic acids is 1. The van der Waals surface area contributed by atoms with Gasteiger partial charge in [0.25, 0.3) is 0 Å². The molecule has 0 radical (unpaired) electrons. The van der Waals surface area contributed by atoms with E-state index in [1.165, 1.54) is 19.2 Å². The maximum atomic E-state index is 11.2. The summed E-state index contributed by atoms with van der Waals surface area (Å²) in [5.74, 6) is -0.544. The van der Waals surface area contributed by atoms with Crippen LogP contribution in [-0.2, 0) is 18.0 Å². The van der Waals surface area contributed by atoms with E-state index in [-0.39, 0.29) is 23.0 Å². The van der Waals surface area contributed by atoms with Gasteiger partial charge in [-0.1, -0.05) is 30.3 Å². The second-order valence-electron chi connectivity index (χ2n) is 5.52. The minimum atomic E-state index is -1.13. The maximum Gasteiger partial charge on any atom is 0.336 e. The lowest BCUT2D eigenvalue weighted by Gasteiger charge is -2.19. The molecule has 0 aliphatic carbocycles. The average Bonchev–Trinajstić information content (AvgIpc) is 2.61. The van der Waals surface area contributed by atoms with Gasteiger partial charge in [-0.15, -0.1) is 0 Å². The molecule has 0 aliphatic heterocycles. The van der Waals surface area contributed by atoms with Crippen LogP contribution in [0.5, 0.6) is 11.5 Å². The molecule has 134 valence electrons. The summed E-state index contributed by atoms with van der Waals surface area (Å²) in [5, 5.41) is 18.7. The third-order valence-corrected chi connectivity index (χ3v) is 3.61. The van der Waals surface area contributed by atoms with Gasteiger partial charge in [0.05, 0.1) is 32.5 Å². The molecule has 2 N–H and O–H groups in total. The molecular weight excluding hydrogens is 324 g/mol. The highest BCUT2D eigenvalue weighted by molar-refractivity contribution is 5.90. The molecule has 2 aromatic carbocycles. The van der Waals surface area contributed by atoms with Crippen molar-refractivity contribution in [3.05, 3.63) is 59.2 Å². The van der Waals surface area contributed by atoms with Crippen molar-refractivity contribution in [3.8, 4) is 11.5 Å². The third kappa shape index (κ3) is 4.95. The predicted octanol–water partition coefficient (Wildman–Crippen LogP) is 2.87. The fourth-order valence-corrected chi connectivity index (χ4v) is 2.45. The first-order valence-electron chi connectivity index (χ1n) is 7.89. The Morgan fingerprint density at radius 2 is 1.88 bits per heavy atom. The van der Waals surface area contributed by atoms with Gasteiger partial charge in [0.15, 0.2) is 11.5 Å². The van der Waals surface area contributed by atoms with Crippen molar-refractivity contribution in [2.45, 2.75) is 26.2 Å². The summed E-state index contributed by atoms with van der Waals surface area (Å²) < 4.78 is 16.7. The van der Waals surface area contributed by atoms with E-state index in [1.54, 1.807) is 0 Å². The van der Waals surface area contributed by atoms with E-state index in [9.17, 15) is 15.0 Å². The van der Waals surface area contributed by atoms with Crippen LogP contribution in [0.1, 0.15) is 28.4 Å². The molecule has 0 spiro atoms. The van der Waals surface area contributed by atoms with E-state index >= 15 is 0 Å². The van der Waals surface area contributed by atoms with Crippen molar-refractivity contribution in [1.82, 2.24) is 0 Å². The van der Waals surface area contributed by atoms with E-state index in [4.69, 9.17) is 14.2 Å². The standard InChI is InChI=1S/C19H22O6/c1-13(11-24-12-14-6-4-3-5-7-14)25-17-9-8-15(19(21)22)16(10-20)18(17)23-2/h3-9,13,20H,10-12H2,1-2H3,(H,21,22)/t13-/m1/s1. The maximum absolute atomic E-state index is 11.2. The normalized spacial score (nSPS) is 11.8. The molecular formula is C19H22O6. The number of rotatable bonds is 9. The van der Waals surface area contributed by atoms with Crippen LogP contribution in [0.4, 0.5) is 0 Å². The molecule has 0 heterocycles. The number of carboxylic acid groups (broad SMARTS) is 1. The van der Waals surface area contributed by atoms with E-state index in [2.05, 4.69) is 0 Å². The zero-order chi connectivity index (χ0) is 18.2. The van der Waals surface area contributed by atoms with Crippen LogP contribution in [0.2, 0.25) is 0 Å². The first kappa shape index (κ1) is 18.8. The third-order valence-electron chi connectivity index (χ3n) is 3.61. The Balaban J connectivity index is 2.02. The van der Waals surface area contributed by atoms with Crippen molar-refractivity contribution in [2.75, 3.05) is 13.7 Å². The highest BCUT2D eigenvalue weighted by atomic mass is 16.5. The van der Waals surface area contributed by atoms with Gasteiger partial charge >= 0.3 is 5.97 Å². The Morgan fingerprint density at radius 3 is 2.48 bits per heavy atom. The molecule has 6 nitrogen and oxygen atoms in total. The first-order valence-corrected chi connectivity index (χ1v) is 7.89. The fourth-order valence-electron chi connectivity index (χ4n) is 2.45. The van der Waals surface area contributed by atoms with Gasteiger partial charge in [0, 0.05) is 5.56 Å². The summed E-state index contributed by atoms with van der Waals surface area (Å²) in [6, 6.07) is 12.7. The average molecular weight is 346 g/mol. The molecule has 0 aromatic heterocycles. The van der Waals surface area contributed by atoms with Crippen LogP contribution >= 0.6 is 0 Å². The van der Waals surface area contributed by atoms with Crippen molar-refractivity contribution in [3.63, 3.8) is 0 Å². The van der Waals surface area contributed by atoms with Crippen molar-refractivity contribution < 1.29 is 29.2 Å². The van der Waals surface area contributed by atoms with Crippen LogP contribution in [0, 0.1) is 0 Å². The van der Waals surface area contributed by atoms with Gasteiger partial charge in [0.1, 0.15) is 6.10 Å². The molecule has 6 heteroatoms. The summed E-state index contributed by atoms with van der Waals surface area (Å²) >= 11 is 0. The van der Waals surface area contributed by atoms with Crippen LogP contribution in [0.15, 0.2) is 42.5 Å². The molecule has 0 bridgehead atoms. The SMILES string of the molecule is COc1c(O[C@H](C)COCc2ccccc2)ccc(C(=O)O)c1CO. The summed E-state index contributed by atoms with van der Waals surface area (Å²) in [6.07, 6.45) is -0.278. The van der Waals surface area contributed by atoms with Gasteiger partial charge in [0.2, 0.25) is 0 Å². The van der Waals surface area contributed by atoms with E-state index in [1.807, 2.05) is 37.3 Å². The minimum Gasteiger partial charge on any atom is -0.492 e. The highest BCUT2D eigenvalue weighted by Gasteiger charge is 2.20. The van der Waals surface area contributed by atoms with Crippen molar-refractivity contribution in [2.24, 2.45) is 0 Å². The number of benzene rings is 2. The van der Waals surface area contributed by atoms with Crippen LogP contribution in [-0.4, -0.2) is 36.0 Å². The predicted molar refractivity (Wildman–Crippen MR) is 92.1 cm³/mol. The smallest absolute Gasteiger partial charge is 0.336 e. The summed E-state index contributed by atoms with van der Waals surface area (Å²) in [5.41, 5.74) is 1.24. The minimum absolute atomic E-state index is 0.0142. The quantitative estimate of drug-likeness (QED) is 0.726. The Kier molecular flexibility index (Phi) is 6.80. The van der Waals surface area contributed by atoms with Gasteiger partial charge in [-0.25, -0.2) is 4.79 Å². The number of hydrogen-bond donors (Lipinski definition) is 2. The summed E-state index contributed by atoms with van der Waals surface area (Å²) in [7, 11) is 1.41. The molecule has 2 rings (SSSR count). The van der Waals surface area contributed by atoms with Gasteiger partial charge in [-0.3, -0.25) is 0 Å². The molecule has 0 saturated carbocycles. The lowest BCUT2D eigenvalue weighted by Crippen LogP contribution is -2.20. The number of hydrogen-bond acceptors (Lipinski definition) is 5. The fraction of sp³-hybridized carbons (Fsp3) is 0.316. The van der Waals surface area contributed by atoms with Crippen molar-refractivity contribution in [1.29, 1.82) is 0 Å². The number of aliphatic hydroxyl groups excluding tert-OH is 1. The number of aliphatic hydroxyl groups is 1. The largest absolute Gasteiger partial charge is 0.492 e. The Hall–Kier alpha value is -2.57. The number of carboxylic acids is 1. The van der Waals surface area contributed by atoms with Gasteiger partial charge in [-0.2, -0.15) is 0 Å². The number of carbonyl (C=O) groups is 1. The van der Waals surface area contributed by atoms with E-state index in [0.717, 1.165) is 5.56 Å². The lowest BCUT2D eigenvalue weighted by molar-refractivity contribution is 0.0479. The second kappa shape index (κ2) is 9.05. The zero-order valence-corrected chi connectivity index (χ0v) is 14.3. The first-order chi connectivity index (χ1) is 12.1. The molecule has 0 aliphatic rings. The molecule has 1 atom stereocenters. The highest BCUT2D eigenvalue weighted by Crippen LogP contribution is 2.34. The Morgan fingerprint density at radius 1 is 1.16 bits per heavy atom. The van der Waals surface area contributed by atoms with Gasteiger partial charge < -0.3 is 24.4 Å². The topological polar surface area (TPSA) is 85.2 Å². The van der Waals surface area contributed by atoms with Crippen molar-refractivity contribution >= 4 is 5.97 Å². The molecule has 0 fully saturated rings. The summed E-state index contributed by atoms with van der Waals surface area (Å²) in [4.78, 5) is 11.2. The number of methoxy groups -OCH3 is 1. The zero-order valence-electron chi connectivity index (χ0n) is 14.3. The lowest BCUT2D eigenvalue weighted by atomic mass is 10.1. The second-order valence-corrected chi connectivity index (χ2v) is 5.52. The monoisotopic (exact) mass is 346 g/mol. The van der Waals surface area contributed by atoms with Crippen LogP contribution in [0.3, 0.4) is 0 Å². The molecule has 0 amide bonds. The Bertz CT molecular complexity index is 699. The van der Waals surface area contributed by atoms with Crippen LogP contribution in [0.25, 0.3) is 0 Å². The molecule has 2 aromatic rings. The van der Waals surface area contributed by atoms with Crippen LogP contribution < -0.4 is 9.47 Å². The van der Waals surface area contributed by atoms with E-state index in [0.29, 0.717) is 19.0 Å². The molecule has 0 unspecified atom stereocenters.